The second kappa shape index (κ2) is 11.1. The molecule has 3 heterocycles. The van der Waals surface area contributed by atoms with Gasteiger partial charge in [0.05, 0.1) is 12.2 Å². The normalized spacial score (nSPS) is 34.0. The van der Waals surface area contributed by atoms with Crippen LogP contribution in [-0.4, -0.2) is 102 Å². The lowest BCUT2D eigenvalue weighted by Gasteiger charge is -2.39. The first-order valence-electron chi connectivity index (χ1n) is 12.7. The van der Waals surface area contributed by atoms with Crippen molar-refractivity contribution in [2.75, 3.05) is 0 Å². The van der Waals surface area contributed by atoms with Gasteiger partial charge in [-0.1, -0.05) is 0 Å². The number of hydrogen-bond acceptors (Lipinski definition) is 14. The van der Waals surface area contributed by atoms with E-state index in [1.807, 2.05) is 0 Å². The van der Waals surface area contributed by atoms with Crippen LogP contribution in [0.1, 0.15) is 13.8 Å². The molecule has 0 bridgehead atoms. The van der Waals surface area contributed by atoms with E-state index in [2.05, 4.69) is 0 Å². The Labute approximate surface area is 231 Å². The molecule has 2 fully saturated rings. The molecule has 41 heavy (non-hydrogen) atoms. The van der Waals surface area contributed by atoms with Crippen LogP contribution in [-0.2, 0) is 9.47 Å². The molecule has 8 N–H and O–H groups in total. The number of benzene rings is 2. The molecule has 0 amide bonds. The zero-order chi connectivity index (χ0) is 29.7. The highest BCUT2D eigenvalue weighted by molar-refractivity contribution is 5.88. The van der Waals surface area contributed by atoms with Crippen molar-refractivity contribution in [1.82, 2.24) is 0 Å². The van der Waals surface area contributed by atoms with Crippen molar-refractivity contribution in [3.8, 4) is 34.3 Å². The van der Waals surface area contributed by atoms with Crippen LogP contribution in [0.3, 0.4) is 0 Å². The second-order valence-electron chi connectivity index (χ2n) is 10.1. The summed E-state index contributed by atoms with van der Waals surface area (Å²) in [4.78, 5) is 13.5. The van der Waals surface area contributed by atoms with E-state index < -0.39 is 78.3 Å². The lowest BCUT2D eigenvalue weighted by atomic mass is 10.00. The molecule has 0 saturated carbocycles. The first kappa shape index (κ1) is 29.0. The molecule has 2 aliphatic rings. The third-order valence-electron chi connectivity index (χ3n) is 7.14. The van der Waals surface area contributed by atoms with Crippen LogP contribution in [0, 0.1) is 0 Å². The highest BCUT2D eigenvalue weighted by Gasteiger charge is 2.44. The second-order valence-corrected chi connectivity index (χ2v) is 10.1. The Kier molecular flexibility index (Phi) is 7.84. The number of phenols is 2. The molecule has 0 radical (unpaired) electrons. The molecular formula is C27H30O14. The van der Waals surface area contributed by atoms with Crippen molar-refractivity contribution >= 4 is 11.0 Å². The fourth-order valence-electron chi connectivity index (χ4n) is 4.72. The summed E-state index contributed by atoms with van der Waals surface area (Å²) in [6, 6.07) is 7.78. The lowest BCUT2D eigenvalue weighted by Crippen LogP contribution is -2.58. The van der Waals surface area contributed by atoms with E-state index >= 15 is 0 Å². The number of ether oxygens (including phenoxy) is 4. The van der Waals surface area contributed by atoms with E-state index in [1.165, 1.54) is 38.1 Å². The van der Waals surface area contributed by atoms with Gasteiger partial charge in [0, 0.05) is 17.7 Å². The first-order valence-corrected chi connectivity index (χ1v) is 12.7. The Morgan fingerprint density at radius 2 is 1.24 bits per heavy atom. The first-order chi connectivity index (χ1) is 19.4. The average molecular weight is 579 g/mol. The van der Waals surface area contributed by atoms with Gasteiger partial charge in [0.25, 0.3) is 0 Å². The summed E-state index contributed by atoms with van der Waals surface area (Å²) in [5.41, 5.74) is -0.852. The Morgan fingerprint density at radius 1 is 0.707 bits per heavy atom. The number of rotatable bonds is 5. The van der Waals surface area contributed by atoms with Crippen LogP contribution >= 0.6 is 0 Å². The Balaban J connectivity index is 1.52. The van der Waals surface area contributed by atoms with E-state index in [4.69, 9.17) is 23.4 Å². The maximum Gasteiger partial charge on any atom is 0.239 e. The van der Waals surface area contributed by atoms with Crippen LogP contribution in [0.4, 0.5) is 0 Å². The molecule has 222 valence electrons. The summed E-state index contributed by atoms with van der Waals surface area (Å²) in [5, 5.41) is 80.7. The van der Waals surface area contributed by atoms with E-state index in [1.54, 1.807) is 0 Å². The minimum Gasteiger partial charge on any atom is -0.508 e. The van der Waals surface area contributed by atoms with E-state index in [9.17, 15) is 45.6 Å². The van der Waals surface area contributed by atoms with Crippen molar-refractivity contribution in [2.45, 2.75) is 75.3 Å². The number of phenolic OH excluding ortho intramolecular Hbond substituents is 2. The molecule has 1 aromatic heterocycles. The van der Waals surface area contributed by atoms with Gasteiger partial charge in [0.1, 0.15) is 64.8 Å². The molecule has 14 heteroatoms. The molecule has 14 nitrogen and oxygen atoms in total. The number of hydrogen-bond donors (Lipinski definition) is 8. The predicted octanol–water partition coefficient (Wildman–Crippen LogP) is -0.716. The number of fused-ring (bicyclic) bond motifs is 1. The third kappa shape index (κ3) is 5.31. The SMILES string of the molecule is CC1OC(Oc2ccc(-c3oc4cc(O)cc(O)c4c(=O)c3OC3OC(C)C(O)C(O)C3O)cc2)C(O)C(O)C1O. The zero-order valence-corrected chi connectivity index (χ0v) is 21.8. The topological polar surface area (TPSA) is 229 Å². The standard InChI is InChI=1S/C27H30O14/c1-9-17(30)20(33)22(35)26(37-9)39-13-5-3-11(4-6-13)24-25(41-27-23(36)21(34)18(31)10(2)38-27)19(32)16-14(29)7-12(28)8-15(16)40-24/h3-10,17-18,20-23,26-31,33-36H,1-2H3. The van der Waals surface area contributed by atoms with Crippen LogP contribution in [0.15, 0.2) is 45.6 Å². The van der Waals surface area contributed by atoms with E-state index in [0.29, 0.717) is 0 Å². The highest BCUT2D eigenvalue weighted by Crippen LogP contribution is 2.38. The Hall–Kier alpha value is -3.47. The average Bonchev–Trinajstić information content (AvgIpc) is 2.93. The maximum atomic E-state index is 13.5. The fourth-order valence-corrected chi connectivity index (χ4v) is 4.72. The van der Waals surface area contributed by atoms with Crippen molar-refractivity contribution in [3.63, 3.8) is 0 Å². The summed E-state index contributed by atoms with van der Waals surface area (Å²) >= 11 is 0. The summed E-state index contributed by atoms with van der Waals surface area (Å²) in [7, 11) is 0. The minimum atomic E-state index is -1.76. The van der Waals surface area contributed by atoms with Crippen molar-refractivity contribution in [3.05, 3.63) is 46.6 Å². The molecular weight excluding hydrogens is 548 g/mol. The zero-order valence-electron chi connectivity index (χ0n) is 21.8. The summed E-state index contributed by atoms with van der Waals surface area (Å²) in [6.45, 7) is 2.94. The largest absolute Gasteiger partial charge is 0.508 e. The Morgan fingerprint density at radius 3 is 1.80 bits per heavy atom. The van der Waals surface area contributed by atoms with Gasteiger partial charge in [-0.2, -0.15) is 0 Å². The summed E-state index contributed by atoms with van der Waals surface area (Å²) in [6.07, 6.45) is -13.9. The smallest absolute Gasteiger partial charge is 0.239 e. The molecule has 3 aromatic rings. The van der Waals surface area contributed by atoms with Crippen molar-refractivity contribution in [2.24, 2.45) is 0 Å². The number of aliphatic hydroxyl groups excluding tert-OH is 6. The van der Waals surface area contributed by atoms with Crippen LogP contribution in [0.25, 0.3) is 22.3 Å². The summed E-state index contributed by atoms with van der Waals surface area (Å²) in [5.74, 6) is -1.53. The number of aliphatic hydroxyl groups is 6. The molecule has 2 saturated heterocycles. The van der Waals surface area contributed by atoms with Gasteiger partial charge in [-0.25, -0.2) is 0 Å². The monoisotopic (exact) mass is 578 g/mol. The van der Waals surface area contributed by atoms with Gasteiger partial charge >= 0.3 is 0 Å². The van der Waals surface area contributed by atoms with E-state index in [0.717, 1.165) is 12.1 Å². The third-order valence-corrected chi connectivity index (χ3v) is 7.14. The Bertz CT molecular complexity index is 1460. The molecule has 0 spiro atoms. The minimum absolute atomic E-state index is 0.173. The van der Waals surface area contributed by atoms with Crippen LogP contribution in [0.5, 0.6) is 23.0 Å². The van der Waals surface area contributed by atoms with Crippen molar-refractivity contribution < 1.29 is 64.2 Å². The summed E-state index contributed by atoms with van der Waals surface area (Å²) < 4.78 is 28.1. The molecule has 10 unspecified atom stereocenters. The quantitative estimate of drug-likeness (QED) is 0.187. The predicted molar refractivity (Wildman–Crippen MR) is 137 cm³/mol. The van der Waals surface area contributed by atoms with Crippen LogP contribution in [0.2, 0.25) is 0 Å². The number of aromatic hydroxyl groups is 2. The van der Waals surface area contributed by atoms with Gasteiger partial charge in [-0.05, 0) is 38.1 Å². The highest BCUT2D eigenvalue weighted by atomic mass is 16.7. The molecule has 10 atom stereocenters. The lowest BCUT2D eigenvalue weighted by molar-refractivity contribution is -0.268. The van der Waals surface area contributed by atoms with Gasteiger partial charge in [-0.15, -0.1) is 0 Å². The molecule has 2 aliphatic heterocycles. The van der Waals surface area contributed by atoms with Crippen molar-refractivity contribution in [1.29, 1.82) is 0 Å². The van der Waals surface area contributed by atoms with E-state index in [-0.39, 0.29) is 33.8 Å². The van der Waals surface area contributed by atoms with Crippen LogP contribution < -0.4 is 14.9 Å². The van der Waals surface area contributed by atoms with Gasteiger partial charge in [-0.3, -0.25) is 4.79 Å². The molecule has 2 aromatic carbocycles. The fraction of sp³-hybridized carbons (Fsp3) is 0.444. The molecule has 5 rings (SSSR count). The van der Waals surface area contributed by atoms with Gasteiger partial charge < -0.3 is 64.2 Å². The van der Waals surface area contributed by atoms with Gasteiger partial charge in [0.2, 0.25) is 23.8 Å². The maximum absolute atomic E-state index is 13.5. The molecule has 0 aliphatic carbocycles. The van der Waals surface area contributed by atoms with Gasteiger partial charge in [0.15, 0.2) is 5.76 Å².